The van der Waals surface area contributed by atoms with Gasteiger partial charge in [-0.05, 0) is 12.6 Å². The highest BCUT2D eigenvalue weighted by Gasteiger charge is 2.36. The average molecular weight is 266 g/mol. The Balaban J connectivity index is 1.99. The monoisotopic (exact) mass is 266 g/mol. The molecule has 1 aromatic heterocycles. The Bertz CT molecular complexity index is 435. The molecule has 0 bridgehead atoms. The third-order valence-corrected chi connectivity index (χ3v) is 3.37. The van der Waals surface area contributed by atoms with Crippen LogP contribution in [-0.2, 0) is 16.1 Å². The van der Waals surface area contributed by atoms with Crippen LogP contribution in [0.2, 0.25) is 0 Å². The molecule has 0 spiro atoms. The maximum atomic E-state index is 11.1. The zero-order chi connectivity index (χ0) is 13.8. The molecule has 104 valence electrons. The van der Waals surface area contributed by atoms with Crippen molar-refractivity contribution in [2.45, 2.75) is 12.6 Å². The van der Waals surface area contributed by atoms with Crippen LogP contribution in [0.25, 0.3) is 0 Å². The van der Waals surface area contributed by atoms with Crippen LogP contribution in [0.4, 0.5) is 0 Å². The third-order valence-electron chi connectivity index (χ3n) is 3.37. The van der Waals surface area contributed by atoms with Gasteiger partial charge >= 0.3 is 5.97 Å². The van der Waals surface area contributed by atoms with Gasteiger partial charge in [0.25, 0.3) is 0 Å². The predicted molar refractivity (Wildman–Crippen MR) is 68.0 cm³/mol. The number of aliphatic carboxylic acids is 1. The van der Waals surface area contributed by atoms with Gasteiger partial charge in [-0.3, -0.25) is 9.69 Å². The normalized spacial score (nSPS) is 22.7. The van der Waals surface area contributed by atoms with Gasteiger partial charge in [-0.2, -0.15) is 0 Å². The van der Waals surface area contributed by atoms with Crippen molar-refractivity contribution in [3.8, 4) is 5.88 Å². The molecule has 2 unspecified atom stereocenters. The Morgan fingerprint density at radius 3 is 2.95 bits per heavy atom. The largest absolute Gasteiger partial charge is 0.481 e. The number of nitrogens with zero attached hydrogens (tertiary/aromatic N) is 2. The molecule has 1 N–H and O–H groups in total. The summed E-state index contributed by atoms with van der Waals surface area (Å²) in [5, 5.41) is 9.13. The fourth-order valence-electron chi connectivity index (χ4n) is 2.24. The van der Waals surface area contributed by atoms with E-state index in [-0.39, 0.29) is 12.6 Å². The van der Waals surface area contributed by atoms with E-state index in [4.69, 9.17) is 14.6 Å². The molecule has 2 heterocycles. The molecule has 1 saturated heterocycles. The van der Waals surface area contributed by atoms with E-state index in [1.807, 2.05) is 18.0 Å². The molecule has 2 atom stereocenters. The van der Waals surface area contributed by atoms with Crippen LogP contribution >= 0.6 is 0 Å². The van der Waals surface area contributed by atoms with Crippen molar-refractivity contribution in [3.05, 3.63) is 23.9 Å². The lowest BCUT2D eigenvalue weighted by Crippen LogP contribution is -2.40. The first-order valence-electron chi connectivity index (χ1n) is 6.11. The number of carboxylic acid groups (broad SMARTS) is 1. The highest BCUT2D eigenvalue weighted by atomic mass is 16.5. The smallest absolute Gasteiger partial charge is 0.310 e. The second kappa shape index (κ2) is 5.99. The van der Waals surface area contributed by atoms with Crippen molar-refractivity contribution in [2.24, 2.45) is 5.92 Å². The van der Waals surface area contributed by atoms with Gasteiger partial charge in [-0.15, -0.1) is 0 Å². The van der Waals surface area contributed by atoms with Gasteiger partial charge in [0.15, 0.2) is 0 Å². The van der Waals surface area contributed by atoms with Crippen LogP contribution in [0.15, 0.2) is 18.3 Å². The summed E-state index contributed by atoms with van der Waals surface area (Å²) >= 11 is 0. The second-order valence-corrected chi connectivity index (χ2v) is 4.67. The van der Waals surface area contributed by atoms with E-state index in [1.165, 1.54) is 0 Å². The summed E-state index contributed by atoms with van der Waals surface area (Å²) in [4.78, 5) is 17.2. The first-order valence-corrected chi connectivity index (χ1v) is 6.11. The number of carbonyl (C=O) groups is 1. The third kappa shape index (κ3) is 3.21. The maximum absolute atomic E-state index is 11.1. The Kier molecular flexibility index (Phi) is 4.34. The fourth-order valence-corrected chi connectivity index (χ4v) is 2.24. The quantitative estimate of drug-likeness (QED) is 0.842. The van der Waals surface area contributed by atoms with E-state index in [2.05, 4.69) is 4.98 Å². The molecule has 6 heteroatoms. The minimum atomic E-state index is -0.804. The Hall–Kier alpha value is -1.66. The number of pyridine rings is 1. The number of aromatic nitrogens is 1. The van der Waals surface area contributed by atoms with Gasteiger partial charge in [-0.25, -0.2) is 4.98 Å². The number of ether oxygens (including phenoxy) is 2. The molecular formula is C13H18N2O4. The molecule has 0 amide bonds. The van der Waals surface area contributed by atoms with E-state index in [0.29, 0.717) is 19.0 Å². The topological polar surface area (TPSA) is 71.9 Å². The molecule has 0 radical (unpaired) electrons. The van der Waals surface area contributed by atoms with Crippen LogP contribution in [-0.4, -0.2) is 54.4 Å². The lowest BCUT2D eigenvalue weighted by atomic mass is 10.0. The number of methoxy groups -OCH3 is 1. The fraction of sp³-hybridized carbons (Fsp3) is 0.538. The van der Waals surface area contributed by atoms with Crippen LogP contribution in [0.5, 0.6) is 5.88 Å². The van der Waals surface area contributed by atoms with E-state index < -0.39 is 11.9 Å². The number of hydrogen-bond donors (Lipinski definition) is 1. The molecule has 1 aliphatic heterocycles. The van der Waals surface area contributed by atoms with E-state index in [1.54, 1.807) is 19.4 Å². The van der Waals surface area contributed by atoms with E-state index in [0.717, 1.165) is 5.56 Å². The molecule has 0 aliphatic carbocycles. The van der Waals surface area contributed by atoms with E-state index in [9.17, 15) is 4.79 Å². The van der Waals surface area contributed by atoms with E-state index >= 15 is 0 Å². The van der Waals surface area contributed by atoms with Gasteiger partial charge in [-0.1, -0.05) is 6.07 Å². The maximum Gasteiger partial charge on any atom is 0.310 e. The van der Waals surface area contributed by atoms with Gasteiger partial charge < -0.3 is 14.6 Å². The van der Waals surface area contributed by atoms with Crippen molar-refractivity contribution in [1.29, 1.82) is 0 Å². The summed E-state index contributed by atoms with van der Waals surface area (Å²) in [6.45, 7) is 1.37. The SMILES string of the molecule is COc1ccc(CN(C)C2COCC2C(=O)O)cn1. The highest BCUT2D eigenvalue weighted by Crippen LogP contribution is 2.20. The van der Waals surface area contributed by atoms with Crippen molar-refractivity contribution < 1.29 is 19.4 Å². The molecule has 0 saturated carbocycles. The van der Waals surface area contributed by atoms with Gasteiger partial charge in [0.1, 0.15) is 0 Å². The standard InChI is InChI=1S/C13H18N2O4/c1-15(11-8-19-7-10(11)13(16)17)6-9-3-4-12(18-2)14-5-9/h3-5,10-11H,6-8H2,1-2H3,(H,16,17). The van der Waals surface area contributed by atoms with Crippen molar-refractivity contribution in [3.63, 3.8) is 0 Å². The van der Waals surface area contributed by atoms with Gasteiger partial charge in [0.2, 0.25) is 5.88 Å². The van der Waals surface area contributed by atoms with Crippen molar-refractivity contribution in [1.82, 2.24) is 9.88 Å². The Morgan fingerprint density at radius 2 is 2.37 bits per heavy atom. The Labute approximate surface area is 112 Å². The number of hydrogen-bond acceptors (Lipinski definition) is 5. The van der Waals surface area contributed by atoms with Crippen LogP contribution in [0.1, 0.15) is 5.56 Å². The summed E-state index contributed by atoms with van der Waals surface area (Å²) in [7, 11) is 3.47. The molecule has 1 aromatic rings. The van der Waals surface area contributed by atoms with Crippen molar-refractivity contribution >= 4 is 5.97 Å². The Morgan fingerprint density at radius 1 is 1.58 bits per heavy atom. The summed E-state index contributed by atoms with van der Waals surface area (Å²) < 4.78 is 10.3. The molecule has 1 aliphatic rings. The summed E-state index contributed by atoms with van der Waals surface area (Å²) in [6, 6.07) is 3.62. The zero-order valence-corrected chi connectivity index (χ0v) is 11.1. The van der Waals surface area contributed by atoms with Crippen molar-refractivity contribution in [2.75, 3.05) is 27.4 Å². The summed E-state index contributed by atoms with van der Waals surface area (Å²) in [5.41, 5.74) is 1.01. The first-order chi connectivity index (χ1) is 9.11. The predicted octanol–water partition coefficient (Wildman–Crippen LogP) is 0.622. The van der Waals surface area contributed by atoms with Crippen LogP contribution in [0.3, 0.4) is 0 Å². The lowest BCUT2D eigenvalue weighted by molar-refractivity contribution is -0.143. The van der Waals surface area contributed by atoms with Gasteiger partial charge in [0, 0.05) is 24.8 Å². The highest BCUT2D eigenvalue weighted by molar-refractivity contribution is 5.71. The molecular weight excluding hydrogens is 248 g/mol. The first kappa shape index (κ1) is 13.8. The summed E-state index contributed by atoms with van der Waals surface area (Å²) in [6.07, 6.45) is 1.74. The molecule has 0 aromatic carbocycles. The van der Waals surface area contributed by atoms with Gasteiger partial charge in [0.05, 0.1) is 26.2 Å². The minimum absolute atomic E-state index is 0.0976. The molecule has 2 rings (SSSR count). The lowest BCUT2D eigenvalue weighted by Gasteiger charge is -2.26. The van der Waals surface area contributed by atoms with Crippen LogP contribution < -0.4 is 4.74 Å². The minimum Gasteiger partial charge on any atom is -0.481 e. The zero-order valence-electron chi connectivity index (χ0n) is 11.1. The average Bonchev–Trinajstić information content (AvgIpc) is 2.89. The van der Waals surface area contributed by atoms with Crippen LogP contribution in [0, 0.1) is 5.92 Å². The number of likely N-dealkylation sites (N-methyl/N-ethyl adjacent to an activating group) is 1. The second-order valence-electron chi connectivity index (χ2n) is 4.67. The summed E-state index contributed by atoms with van der Waals surface area (Å²) in [5.74, 6) is -0.697. The number of carboxylic acids is 1. The molecule has 1 fully saturated rings. The number of rotatable bonds is 5. The molecule has 6 nitrogen and oxygen atoms in total. The molecule has 19 heavy (non-hydrogen) atoms.